The highest BCUT2D eigenvalue weighted by atomic mass is 32.1. The number of nitrogens with zero attached hydrogens (tertiary/aromatic N) is 5. The van der Waals surface area contributed by atoms with Gasteiger partial charge in [0, 0.05) is 11.4 Å². The highest BCUT2D eigenvalue weighted by molar-refractivity contribution is 7.15. The first-order valence-corrected chi connectivity index (χ1v) is 8.67. The Morgan fingerprint density at radius 2 is 2.33 bits per heavy atom. The van der Waals surface area contributed by atoms with Crippen LogP contribution in [-0.2, 0) is 24.2 Å². The maximum atomic E-state index is 12.4. The van der Waals surface area contributed by atoms with E-state index in [1.165, 1.54) is 22.3 Å². The third-order valence-electron chi connectivity index (χ3n) is 4.26. The number of hydrogen-bond donors (Lipinski definition) is 1. The molecule has 4 rings (SSSR count). The molecule has 8 nitrogen and oxygen atoms in total. The van der Waals surface area contributed by atoms with Crippen molar-refractivity contribution >= 4 is 22.2 Å². The van der Waals surface area contributed by atoms with Crippen LogP contribution in [-0.4, -0.2) is 30.3 Å². The molecule has 1 aliphatic carbocycles. The Morgan fingerprint density at radius 3 is 3.21 bits per heavy atom. The number of carbonyl (C=O) groups is 1. The van der Waals surface area contributed by atoms with Crippen LogP contribution in [0.3, 0.4) is 0 Å². The lowest BCUT2D eigenvalue weighted by molar-refractivity contribution is -0.124. The van der Waals surface area contributed by atoms with Crippen molar-refractivity contribution in [2.75, 3.05) is 0 Å². The van der Waals surface area contributed by atoms with Gasteiger partial charge in [0.25, 0.3) is 5.56 Å². The van der Waals surface area contributed by atoms with E-state index in [-0.39, 0.29) is 11.5 Å². The molecule has 0 saturated heterocycles. The average Bonchev–Trinajstić information content (AvgIpc) is 3.27. The summed E-state index contributed by atoms with van der Waals surface area (Å²) in [5.41, 5.74) is 2.56. The van der Waals surface area contributed by atoms with Gasteiger partial charge in [-0.1, -0.05) is 0 Å². The lowest BCUT2D eigenvalue weighted by Gasteiger charge is -2.14. The van der Waals surface area contributed by atoms with Crippen LogP contribution in [0, 0.1) is 0 Å². The fourth-order valence-corrected chi connectivity index (χ4v) is 3.72. The molecule has 3 aromatic heterocycles. The Hall–Kier alpha value is -2.55. The predicted molar refractivity (Wildman–Crippen MR) is 87.9 cm³/mol. The third kappa shape index (κ3) is 2.50. The Kier molecular flexibility index (Phi) is 3.64. The normalized spacial score (nSPS) is 14.7. The van der Waals surface area contributed by atoms with E-state index in [1.54, 1.807) is 17.5 Å². The van der Waals surface area contributed by atoms with Gasteiger partial charge in [-0.05, 0) is 31.7 Å². The van der Waals surface area contributed by atoms with Crippen molar-refractivity contribution in [3.05, 3.63) is 45.1 Å². The number of fused-ring (bicyclic) bond motifs is 2. The van der Waals surface area contributed by atoms with Crippen LogP contribution in [0.4, 0.5) is 0 Å². The van der Waals surface area contributed by atoms with E-state index in [2.05, 4.69) is 20.5 Å². The zero-order valence-electron chi connectivity index (χ0n) is 13.1. The highest BCUT2D eigenvalue weighted by Crippen LogP contribution is 2.18. The number of hydrogen-bond acceptors (Lipinski definition) is 6. The molecule has 24 heavy (non-hydrogen) atoms. The van der Waals surface area contributed by atoms with Crippen LogP contribution in [0.15, 0.2) is 22.6 Å². The van der Waals surface area contributed by atoms with Crippen LogP contribution in [0.25, 0.3) is 4.96 Å². The first kappa shape index (κ1) is 15.0. The molecule has 0 aromatic carbocycles. The van der Waals surface area contributed by atoms with Gasteiger partial charge in [-0.3, -0.25) is 9.59 Å². The van der Waals surface area contributed by atoms with Crippen molar-refractivity contribution in [1.29, 1.82) is 0 Å². The summed E-state index contributed by atoms with van der Waals surface area (Å²) in [6, 6.07) is 0.949. The van der Waals surface area contributed by atoms with Crippen molar-refractivity contribution in [1.82, 2.24) is 29.7 Å². The van der Waals surface area contributed by atoms with Gasteiger partial charge in [0.1, 0.15) is 12.4 Å². The molecule has 3 aromatic rings. The zero-order chi connectivity index (χ0) is 16.7. The summed E-state index contributed by atoms with van der Waals surface area (Å²) in [5.74, 6) is -0.248. The molecule has 1 atom stereocenters. The van der Waals surface area contributed by atoms with E-state index >= 15 is 0 Å². The predicted octanol–water partition coefficient (Wildman–Crippen LogP) is 0.714. The molecule has 0 bridgehead atoms. The van der Waals surface area contributed by atoms with E-state index in [0.29, 0.717) is 6.54 Å². The highest BCUT2D eigenvalue weighted by Gasteiger charge is 2.21. The van der Waals surface area contributed by atoms with Crippen LogP contribution in [0.2, 0.25) is 0 Å². The summed E-state index contributed by atoms with van der Waals surface area (Å²) in [7, 11) is 0. The summed E-state index contributed by atoms with van der Waals surface area (Å²) >= 11 is 1.46. The third-order valence-corrected chi connectivity index (χ3v) is 5.14. The molecule has 0 aliphatic heterocycles. The van der Waals surface area contributed by atoms with Gasteiger partial charge in [-0.25, -0.2) is 14.2 Å². The fraction of sp³-hybridized carbons (Fsp3) is 0.400. The first-order chi connectivity index (χ1) is 11.6. The number of aromatic nitrogens is 5. The Morgan fingerprint density at radius 1 is 1.46 bits per heavy atom. The number of nitrogens with one attached hydrogen (secondary N) is 1. The standard InChI is InChI=1S/C15H16N6O2S/c1-9(20-13(22)5-10-3-2-4-12(10)19-20)14(23)16-6-11-7-24-15-17-8-18-21(11)15/h5,7-9H,2-4,6H2,1H3,(H,16,23)/t9-/m1/s1. The second kappa shape index (κ2) is 5.82. The number of thiazole rings is 1. The summed E-state index contributed by atoms with van der Waals surface area (Å²) < 4.78 is 2.97. The maximum Gasteiger partial charge on any atom is 0.267 e. The summed E-state index contributed by atoms with van der Waals surface area (Å²) in [6.45, 7) is 2.01. The number of carbonyl (C=O) groups excluding carboxylic acids is 1. The van der Waals surface area contributed by atoms with Crippen molar-refractivity contribution < 1.29 is 4.79 Å². The monoisotopic (exact) mass is 344 g/mol. The first-order valence-electron chi connectivity index (χ1n) is 7.79. The molecule has 0 unspecified atom stereocenters. The molecule has 0 fully saturated rings. The summed E-state index contributed by atoms with van der Waals surface area (Å²) in [6.07, 6.45) is 4.25. The molecule has 124 valence electrons. The second-order valence-electron chi connectivity index (χ2n) is 5.83. The molecule has 0 spiro atoms. The average molecular weight is 344 g/mol. The van der Waals surface area contributed by atoms with E-state index in [9.17, 15) is 9.59 Å². The van der Waals surface area contributed by atoms with Gasteiger partial charge in [-0.15, -0.1) is 11.3 Å². The Labute approximate surface area is 141 Å². The van der Waals surface area contributed by atoms with Gasteiger partial charge in [0.2, 0.25) is 10.9 Å². The smallest absolute Gasteiger partial charge is 0.267 e. The van der Waals surface area contributed by atoms with Crippen molar-refractivity contribution in [3.63, 3.8) is 0 Å². The summed E-state index contributed by atoms with van der Waals surface area (Å²) in [5, 5.41) is 13.2. The van der Waals surface area contributed by atoms with Gasteiger partial charge < -0.3 is 5.32 Å². The quantitative estimate of drug-likeness (QED) is 0.752. The van der Waals surface area contributed by atoms with Gasteiger partial charge in [0.05, 0.1) is 17.9 Å². The van der Waals surface area contributed by atoms with Crippen LogP contribution < -0.4 is 10.9 Å². The Balaban J connectivity index is 1.50. The maximum absolute atomic E-state index is 12.4. The fourth-order valence-electron chi connectivity index (χ4n) is 2.92. The number of rotatable bonds is 4. The minimum atomic E-state index is -0.659. The van der Waals surface area contributed by atoms with Crippen molar-refractivity contribution in [2.24, 2.45) is 0 Å². The SMILES string of the molecule is C[C@H](C(=O)NCc1csc2ncnn12)n1nc2c(cc1=O)CCC2. The largest absolute Gasteiger partial charge is 0.349 e. The minimum absolute atomic E-state index is 0.229. The molecule has 0 saturated carbocycles. The van der Waals surface area contributed by atoms with E-state index in [4.69, 9.17) is 0 Å². The molecular formula is C15H16N6O2S. The van der Waals surface area contributed by atoms with E-state index in [0.717, 1.165) is 41.2 Å². The van der Waals surface area contributed by atoms with Crippen LogP contribution in [0.5, 0.6) is 0 Å². The zero-order valence-corrected chi connectivity index (χ0v) is 13.9. The number of amides is 1. The molecular weight excluding hydrogens is 328 g/mol. The van der Waals surface area contributed by atoms with Crippen molar-refractivity contribution in [3.8, 4) is 0 Å². The lowest BCUT2D eigenvalue weighted by atomic mass is 10.2. The molecule has 1 amide bonds. The lowest BCUT2D eigenvalue weighted by Crippen LogP contribution is -2.37. The van der Waals surface area contributed by atoms with Crippen molar-refractivity contribution in [2.45, 2.75) is 38.8 Å². The van der Waals surface area contributed by atoms with E-state index in [1.807, 2.05) is 5.38 Å². The molecule has 1 aliphatic rings. The second-order valence-corrected chi connectivity index (χ2v) is 6.66. The number of aryl methyl sites for hydroxylation is 2. The molecule has 9 heteroatoms. The van der Waals surface area contributed by atoms with Crippen LogP contribution in [0.1, 0.15) is 36.3 Å². The topological polar surface area (TPSA) is 94.2 Å². The van der Waals surface area contributed by atoms with Gasteiger partial charge in [0.15, 0.2) is 0 Å². The van der Waals surface area contributed by atoms with Crippen LogP contribution >= 0.6 is 11.3 Å². The van der Waals surface area contributed by atoms with E-state index < -0.39 is 6.04 Å². The molecule has 0 radical (unpaired) electrons. The van der Waals surface area contributed by atoms with Gasteiger partial charge >= 0.3 is 0 Å². The summed E-state index contributed by atoms with van der Waals surface area (Å²) in [4.78, 5) is 29.5. The molecule has 3 heterocycles. The minimum Gasteiger partial charge on any atom is -0.349 e. The Bertz CT molecular complexity index is 972. The van der Waals surface area contributed by atoms with Gasteiger partial charge in [-0.2, -0.15) is 10.2 Å². The molecule has 1 N–H and O–H groups in total.